The molecule has 0 amide bonds. The maximum atomic E-state index is 12.0. The van der Waals surface area contributed by atoms with Crippen LogP contribution in [0.25, 0.3) is 0 Å². The van der Waals surface area contributed by atoms with Crippen molar-refractivity contribution < 1.29 is 13.2 Å². The Balaban J connectivity index is 2.22. The van der Waals surface area contributed by atoms with Crippen LogP contribution in [-0.4, -0.2) is 48.5 Å². The zero-order valence-electron chi connectivity index (χ0n) is 8.33. The molecule has 1 atom stereocenters. The van der Waals surface area contributed by atoms with Crippen LogP contribution in [-0.2, 0) is 14.8 Å². The molecule has 2 rings (SSSR count). The molecular formula is C8H10N4O3S. The average Bonchev–Trinajstić information content (AvgIpc) is 2.83. The number of hydrogen-bond acceptors (Lipinski definition) is 5. The third-order valence-corrected chi connectivity index (χ3v) is 4.05. The first-order valence-corrected chi connectivity index (χ1v) is 6.08. The largest absolute Gasteiger partial charge is 0.361 e. The molecule has 86 valence electrons. The standard InChI is InChI=1S/C8H10N4O3S/c9-3-7-5-12(1-2-15-7)16(13,14)8-4-10-6-11-8/h4,6-7H,1-2,5H2,(H,10,11). The lowest BCUT2D eigenvalue weighted by Crippen LogP contribution is -2.45. The first-order chi connectivity index (χ1) is 7.64. The van der Waals surface area contributed by atoms with E-state index in [1.807, 2.05) is 6.07 Å². The Morgan fingerprint density at radius 3 is 3.12 bits per heavy atom. The highest BCUT2D eigenvalue weighted by molar-refractivity contribution is 7.89. The van der Waals surface area contributed by atoms with Crippen molar-refractivity contribution in [2.24, 2.45) is 0 Å². The number of H-pyrrole nitrogens is 1. The maximum Gasteiger partial charge on any atom is 0.260 e. The smallest absolute Gasteiger partial charge is 0.260 e. The van der Waals surface area contributed by atoms with Gasteiger partial charge in [-0.25, -0.2) is 13.4 Å². The number of hydrogen-bond donors (Lipinski definition) is 1. The van der Waals surface area contributed by atoms with Crippen LogP contribution in [0.5, 0.6) is 0 Å². The van der Waals surface area contributed by atoms with E-state index in [0.717, 1.165) is 0 Å². The molecule has 2 heterocycles. The monoisotopic (exact) mass is 242 g/mol. The number of aromatic nitrogens is 2. The molecule has 0 radical (unpaired) electrons. The minimum Gasteiger partial charge on any atom is -0.361 e. The van der Waals surface area contributed by atoms with Crippen molar-refractivity contribution in [2.45, 2.75) is 11.1 Å². The summed E-state index contributed by atoms with van der Waals surface area (Å²) in [5.41, 5.74) is 0. The molecule has 8 heteroatoms. The fraction of sp³-hybridized carbons (Fsp3) is 0.500. The summed E-state index contributed by atoms with van der Waals surface area (Å²) in [5.74, 6) is 0. The van der Waals surface area contributed by atoms with Crippen molar-refractivity contribution in [3.8, 4) is 6.07 Å². The molecule has 16 heavy (non-hydrogen) atoms. The number of nitrogens with one attached hydrogen (secondary N) is 1. The maximum absolute atomic E-state index is 12.0. The van der Waals surface area contributed by atoms with E-state index in [0.29, 0.717) is 0 Å². The first-order valence-electron chi connectivity index (χ1n) is 4.64. The number of sulfonamides is 1. The van der Waals surface area contributed by atoms with Gasteiger partial charge in [-0.3, -0.25) is 0 Å². The van der Waals surface area contributed by atoms with Gasteiger partial charge in [-0.1, -0.05) is 0 Å². The van der Waals surface area contributed by atoms with Crippen LogP contribution in [0.15, 0.2) is 17.6 Å². The summed E-state index contributed by atoms with van der Waals surface area (Å²) in [5, 5.41) is 8.72. The molecule has 1 aromatic heterocycles. The quantitative estimate of drug-likeness (QED) is 0.741. The molecule has 1 aliphatic heterocycles. The fourth-order valence-electron chi connectivity index (χ4n) is 1.45. The van der Waals surface area contributed by atoms with E-state index >= 15 is 0 Å². The number of ether oxygens (including phenoxy) is 1. The molecule has 1 aliphatic rings. The van der Waals surface area contributed by atoms with E-state index in [1.54, 1.807) is 0 Å². The van der Waals surface area contributed by atoms with Crippen LogP contribution in [0.1, 0.15) is 0 Å². The Morgan fingerprint density at radius 2 is 2.50 bits per heavy atom. The molecule has 7 nitrogen and oxygen atoms in total. The highest BCUT2D eigenvalue weighted by atomic mass is 32.2. The summed E-state index contributed by atoms with van der Waals surface area (Å²) in [7, 11) is -3.58. The summed E-state index contributed by atoms with van der Waals surface area (Å²) in [6, 6.07) is 1.90. The van der Waals surface area contributed by atoms with Crippen molar-refractivity contribution in [1.82, 2.24) is 14.3 Å². The number of nitriles is 1. The third kappa shape index (κ3) is 1.92. The lowest BCUT2D eigenvalue weighted by Gasteiger charge is -2.28. The SMILES string of the molecule is N#CC1CN(S(=O)(=O)c2cnc[nH]2)CCO1. The van der Waals surface area contributed by atoms with Crippen LogP contribution >= 0.6 is 0 Å². The molecule has 1 N–H and O–H groups in total. The van der Waals surface area contributed by atoms with E-state index in [1.165, 1.54) is 16.8 Å². The van der Waals surface area contributed by atoms with Crippen molar-refractivity contribution in [2.75, 3.05) is 19.7 Å². The number of imidazole rings is 1. The van der Waals surface area contributed by atoms with Crippen LogP contribution in [0.2, 0.25) is 0 Å². The van der Waals surface area contributed by atoms with Crippen molar-refractivity contribution in [1.29, 1.82) is 5.26 Å². The van der Waals surface area contributed by atoms with Gasteiger partial charge < -0.3 is 9.72 Å². The van der Waals surface area contributed by atoms with Crippen LogP contribution in [0.3, 0.4) is 0 Å². The molecule has 1 saturated heterocycles. The number of aromatic amines is 1. The van der Waals surface area contributed by atoms with Gasteiger partial charge in [0.1, 0.15) is 0 Å². The van der Waals surface area contributed by atoms with Crippen LogP contribution in [0, 0.1) is 11.3 Å². The van der Waals surface area contributed by atoms with Gasteiger partial charge in [0.05, 0.1) is 31.7 Å². The van der Waals surface area contributed by atoms with Crippen LogP contribution < -0.4 is 0 Å². The summed E-state index contributed by atoms with van der Waals surface area (Å²) in [6.07, 6.45) is 1.84. The fourth-order valence-corrected chi connectivity index (χ4v) is 2.77. The van der Waals surface area contributed by atoms with Gasteiger partial charge in [0.25, 0.3) is 10.0 Å². The summed E-state index contributed by atoms with van der Waals surface area (Å²) >= 11 is 0. The Kier molecular flexibility index (Phi) is 2.91. The zero-order valence-corrected chi connectivity index (χ0v) is 9.14. The van der Waals surface area contributed by atoms with Crippen molar-refractivity contribution in [3.05, 3.63) is 12.5 Å². The second-order valence-corrected chi connectivity index (χ2v) is 5.17. The molecule has 0 saturated carbocycles. The molecule has 0 spiro atoms. The van der Waals surface area contributed by atoms with E-state index in [-0.39, 0.29) is 24.7 Å². The van der Waals surface area contributed by atoms with Gasteiger partial charge in [0.2, 0.25) is 0 Å². The molecule has 1 aromatic rings. The second-order valence-electron chi connectivity index (χ2n) is 3.27. The molecule has 1 unspecified atom stereocenters. The lowest BCUT2D eigenvalue weighted by atomic mass is 10.3. The Labute approximate surface area is 92.7 Å². The van der Waals surface area contributed by atoms with E-state index in [2.05, 4.69) is 9.97 Å². The van der Waals surface area contributed by atoms with Gasteiger partial charge in [0.15, 0.2) is 11.1 Å². The topological polar surface area (TPSA) is 99.1 Å². The van der Waals surface area contributed by atoms with Gasteiger partial charge in [-0.2, -0.15) is 9.57 Å². The van der Waals surface area contributed by atoms with E-state index < -0.39 is 16.1 Å². The van der Waals surface area contributed by atoms with Crippen molar-refractivity contribution >= 4 is 10.0 Å². The Morgan fingerprint density at radius 1 is 1.69 bits per heavy atom. The number of nitrogens with zero attached hydrogens (tertiary/aromatic N) is 3. The molecule has 0 aliphatic carbocycles. The summed E-state index contributed by atoms with van der Waals surface area (Å²) in [4.78, 5) is 6.21. The Bertz CT molecular complexity index is 490. The summed E-state index contributed by atoms with van der Waals surface area (Å²) in [6.45, 7) is 0.531. The highest BCUT2D eigenvalue weighted by Crippen LogP contribution is 2.15. The molecule has 1 fully saturated rings. The minimum atomic E-state index is -3.58. The first kappa shape index (κ1) is 11.1. The molecule has 0 bridgehead atoms. The minimum absolute atomic E-state index is 0.0334. The third-order valence-electron chi connectivity index (χ3n) is 2.26. The van der Waals surface area contributed by atoms with Gasteiger partial charge in [-0.15, -0.1) is 0 Å². The van der Waals surface area contributed by atoms with Crippen LogP contribution in [0.4, 0.5) is 0 Å². The zero-order chi connectivity index (χ0) is 11.6. The number of morpholine rings is 1. The van der Waals surface area contributed by atoms with Crippen molar-refractivity contribution in [3.63, 3.8) is 0 Å². The summed E-state index contributed by atoms with van der Waals surface area (Å²) < 4.78 is 30.3. The Hall–Kier alpha value is -1.43. The predicted molar refractivity (Wildman–Crippen MR) is 52.7 cm³/mol. The number of rotatable bonds is 2. The molecule has 0 aromatic carbocycles. The second kappa shape index (κ2) is 4.21. The van der Waals surface area contributed by atoms with E-state index in [9.17, 15) is 8.42 Å². The predicted octanol–water partition coefficient (Wildman–Crippen LogP) is -0.677. The molecular weight excluding hydrogens is 232 g/mol. The van der Waals surface area contributed by atoms with Gasteiger partial charge >= 0.3 is 0 Å². The van der Waals surface area contributed by atoms with Gasteiger partial charge in [-0.05, 0) is 0 Å². The normalized spacial score (nSPS) is 22.8. The van der Waals surface area contributed by atoms with Gasteiger partial charge in [0, 0.05) is 6.54 Å². The van der Waals surface area contributed by atoms with E-state index in [4.69, 9.17) is 10.00 Å². The lowest BCUT2D eigenvalue weighted by molar-refractivity contribution is 0.0310. The average molecular weight is 242 g/mol. The highest BCUT2D eigenvalue weighted by Gasteiger charge is 2.31.